The van der Waals surface area contributed by atoms with Crippen molar-refractivity contribution < 1.29 is 62.0 Å². The average Bonchev–Trinajstić information content (AvgIpc) is 3.99. The van der Waals surface area contributed by atoms with Gasteiger partial charge in [0, 0.05) is 62.3 Å². The molecule has 2 fully saturated rings. The van der Waals surface area contributed by atoms with Gasteiger partial charge in [0.05, 0.1) is 36.4 Å². The molecule has 45 heavy (non-hydrogen) atoms. The fourth-order valence-electron chi connectivity index (χ4n) is 5.83. The number of ether oxygens (including phenoxy) is 3. The van der Waals surface area contributed by atoms with E-state index in [0.29, 0.717) is 44.6 Å². The van der Waals surface area contributed by atoms with Crippen LogP contribution in [0.25, 0.3) is 0 Å². The molecule has 0 unspecified atom stereocenters. The zero-order valence-corrected chi connectivity index (χ0v) is 27.1. The van der Waals surface area contributed by atoms with Crippen LogP contribution in [0, 0.1) is 11.8 Å². The molecule has 3 aliphatic rings. The fraction of sp³-hybridized carbons (Fsp3) is 0.765. The lowest BCUT2D eigenvalue weighted by molar-refractivity contribution is -0.151. The fourth-order valence-corrected chi connectivity index (χ4v) is 5.83. The van der Waals surface area contributed by atoms with E-state index in [1.807, 2.05) is 27.7 Å². The van der Waals surface area contributed by atoms with Crippen molar-refractivity contribution >= 4 is 12.1 Å². The Hall–Kier alpha value is -2.28. The second-order valence-corrected chi connectivity index (χ2v) is 13.3. The quantitative estimate of drug-likeness (QED) is 0.101. The van der Waals surface area contributed by atoms with Gasteiger partial charge in [-0.3, -0.25) is 4.79 Å². The van der Waals surface area contributed by atoms with Gasteiger partial charge in [-0.25, -0.2) is 4.79 Å². The van der Waals surface area contributed by atoms with Crippen LogP contribution in [0.15, 0.2) is 36.0 Å². The average molecular weight is 663 g/mol. The van der Waals surface area contributed by atoms with Crippen LogP contribution in [-0.2, 0) is 19.0 Å². The van der Waals surface area contributed by atoms with Gasteiger partial charge in [-0.15, -0.1) is 0 Å². The Kier molecular flexibility index (Phi) is 11.4. The highest BCUT2D eigenvalue weighted by Crippen LogP contribution is 2.37. The van der Waals surface area contributed by atoms with Crippen molar-refractivity contribution in [2.24, 2.45) is 11.8 Å². The summed E-state index contributed by atoms with van der Waals surface area (Å²) in [5.41, 5.74) is -1.93. The smallest absolute Gasteiger partial charge is 0.410 e. The number of aliphatic hydroxyl groups excluding tert-OH is 2. The molecule has 11 nitrogen and oxygen atoms in total. The van der Waals surface area contributed by atoms with E-state index >= 15 is 0 Å². The Balaban J connectivity index is -0.000000632. The molecule has 2 saturated heterocycles. The Bertz CT molecular complexity index is 1090. The first-order chi connectivity index (χ1) is 26.6. The number of hydrogen-bond donors (Lipinski definition) is 5. The van der Waals surface area contributed by atoms with Gasteiger partial charge >= 0.3 is 12.1 Å². The van der Waals surface area contributed by atoms with Gasteiger partial charge in [-0.05, 0) is 51.7 Å². The zero-order valence-electron chi connectivity index (χ0n) is 39.1. The summed E-state index contributed by atoms with van der Waals surface area (Å²) in [6, 6.07) is 0. The van der Waals surface area contributed by atoms with Crippen molar-refractivity contribution in [3.05, 3.63) is 36.0 Å². The molecule has 3 rings (SSSR count). The van der Waals surface area contributed by atoms with Crippen LogP contribution in [-0.4, -0.2) is 111 Å². The largest absolute Gasteiger partial charge is 0.457 e. The number of cyclic esters (lactones) is 1. The van der Waals surface area contributed by atoms with Crippen LogP contribution in [0.4, 0.5) is 4.79 Å². The van der Waals surface area contributed by atoms with Crippen molar-refractivity contribution in [3.8, 4) is 0 Å². The first-order valence-corrected chi connectivity index (χ1v) is 16.0. The molecule has 0 aliphatic carbocycles. The van der Waals surface area contributed by atoms with E-state index in [1.54, 1.807) is 49.1 Å². The number of carbonyl (C=O) groups is 2. The highest BCUT2D eigenvalue weighted by atomic mass is 16.6. The van der Waals surface area contributed by atoms with Crippen molar-refractivity contribution in [2.45, 2.75) is 129 Å². The third-order valence-corrected chi connectivity index (χ3v) is 8.97. The number of amides is 1. The first-order valence-electron chi connectivity index (χ1n) is 22.0. The lowest BCUT2D eigenvalue weighted by atomic mass is 9.88. The summed E-state index contributed by atoms with van der Waals surface area (Å²) in [6.07, 6.45) is 5.68. The minimum Gasteiger partial charge on any atom is -0.457 e. The molecule has 0 radical (unpaired) electrons. The van der Waals surface area contributed by atoms with E-state index in [4.69, 9.17) is 32.0 Å². The Morgan fingerprint density at radius 1 is 1.36 bits per heavy atom. The Morgan fingerprint density at radius 2 is 2.02 bits per heavy atom. The van der Waals surface area contributed by atoms with Crippen LogP contribution < -0.4 is 5.32 Å². The van der Waals surface area contributed by atoms with Crippen LogP contribution in [0.3, 0.4) is 0 Å². The van der Waals surface area contributed by atoms with E-state index < -0.39 is 47.7 Å². The van der Waals surface area contributed by atoms with Crippen LogP contribution in [0.1, 0.15) is 98.9 Å². The third kappa shape index (κ3) is 11.8. The summed E-state index contributed by atoms with van der Waals surface area (Å²) < 4.78 is 77.3. The van der Waals surface area contributed by atoms with E-state index in [0.717, 1.165) is 0 Å². The van der Waals surface area contributed by atoms with Crippen LogP contribution >= 0.6 is 0 Å². The van der Waals surface area contributed by atoms with Gasteiger partial charge in [0.2, 0.25) is 0 Å². The van der Waals surface area contributed by atoms with Gasteiger partial charge < -0.3 is 44.9 Å². The number of esters is 1. The molecule has 0 aromatic carbocycles. The molecule has 0 aromatic rings. The number of epoxide rings is 1. The SMILES string of the molecule is C.CC[C@H](O)[C@@H](C)[C@H]1O[C@@H]1C[C@@](C)(O)/C=C/C=C(\C)[C@H]1OC(=O)C[C@H](O)CC[C@@](C)(O)[C@@H](OC(=O)N2CCNCC2)/C=C/[C@@H]1C.[2H][2H].[2H][2H].[2H][2H].[2H][2H].[2H][2H].[2H][2H]. The summed E-state index contributed by atoms with van der Waals surface area (Å²) in [6.45, 7) is 13.1. The third-order valence-electron chi connectivity index (χ3n) is 8.97. The molecule has 11 heteroatoms. The molecule has 0 saturated carbocycles. The Morgan fingerprint density at radius 3 is 2.67 bits per heavy atom. The summed E-state index contributed by atoms with van der Waals surface area (Å²) >= 11 is 0. The highest BCUT2D eigenvalue weighted by Gasteiger charge is 2.47. The molecule has 1 amide bonds. The molecule has 10 atom stereocenters. The standard InChI is InChI=1S/C33H54N2O9.CH4.6H2/c1-7-25(37)23(4)30-26(42-30)20-32(5,40)13-8-9-21(2)29-22(3)10-11-27(43-31(39)35-17-15-34-16-18-35)33(6,41)14-12-24(36)19-28(38)44-29;;;;;;;/h8-11,13,22-27,29-30,34,36-37,40-41H,7,12,14-20H2,1-6H3;1H4;6*1H/b11-10+,13-8+,21-9+;;;;;;;/t22-,23+,24+,25-,26+,27-,29+,30+,32-,33+;;;;;;;/m0......./s1/i;;6*1+1D. The van der Waals surface area contributed by atoms with Crippen molar-refractivity contribution in [1.29, 1.82) is 0 Å². The van der Waals surface area contributed by atoms with Gasteiger partial charge in [0.15, 0.2) is 6.10 Å². The normalized spacial score (nSPS) is 36.2. The summed E-state index contributed by atoms with van der Waals surface area (Å²) in [5.74, 6) is -0.942. The van der Waals surface area contributed by atoms with E-state index in [2.05, 4.69) is 5.32 Å². The monoisotopic (exact) mass is 663 g/mol. The molecule has 5 N–H and O–H groups in total. The second-order valence-electron chi connectivity index (χ2n) is 13.3. The molecular formula is C34H70N2O9. The van der Waals surface area contributed by atoms with E-state index in [-0.39, 0.29) is 50.7 Å². The Labute approximate surface area is 287 Å². The first kappa shape index (κ1) is 30.1. The minimum atomic E-state index is -1.48. The summed E-state index contributed by atoms with van der Waals surface area (Å²) in [5, 5.41) is 46.1. The van der Waals surface area contributed by atoms with Gasteiger partial charge in [0.25, 0.3) is 0 Å². The lowest BCUT2D eigenvalue weighted by Crippen LogP contribution is -2.50. The highest BCUT2D eigenvalue weighted by molar-refractivity contribution is 5.70. The van der Waals surface area contributed by atoms with E-state index in [1.165, 1.54) is 0 Å². The topological polar surface area (TPSA) is 161 Å². The zero-order chi connectivity index (χ0) is 44.7. The maximum atomic E-state index is 12.9. The van der Waals surface area contributed by atoms with Gasteiger partial charge in [-0.1, -0.05) is 52.5 Å². The van der Waals surface area contributed by atoms with Crippen LogP contribution in [0.5, 0.6) is 0 Å². The maximum absolute atomic E-state index is 12.9. The molecular weight excluding hydrogens is 580 g/mol. The van der Waals surface area contributed by atoms with Crippen molar-refractivity contribution in [2.75, 3.05) is 26.2 Å². The molecule has 0 bridgehead atoms. The number of piperazine rings is 1. The number of aliphatic hydroxyl groups is 4. The maximum Gasteiger partial charge on any atom is 0.410 e. The number of nitrogens with one attached hydrogen (secondary N) is 1. The molecule has 270 valence electrons. The van der Waals surface area contributed by atoms with Crippen LogP contribution in [0.2, 0.25) is 0 Å². The molecule has 0 spiro atoms. The number of allylic oxidation sites excluding steroid dienone is 2. The van der Waals surface area contributed by atoms with Gasteiger partial charge in [-0.2, -0.15) is 0 Å². The van der Waals surface area contributed by atoms with Gasteiger partial charge in [0.1, 0.15) is 11.7 Å². The summed E-state index contributed by atoms with van der Waals surface area (Å²) in [7, 11) is 0. The second kappa shape index (κ2) is 17.0. The van der Waals surface area contributed by atoms with E-state index in [9.17, 15) is 30.0 Å². The summed E-state index contributed by atoms with van der Waals surface area (Å²) in [4.78, 5) is 27.3. The number of rotatable bonds is 9. The van der Waals surface area contributed by atoms with Crippen molar-refractivity contribution in [1.82, 2.24) is 10.2 Å². The number of nitrogens with zero attached hydrogens (tertiary/aromatic N) is 1. The van der Waals surface area contributed by atoms with Crippen molar-refractivity contribution in [3.63, 3.8) is 0 Å². The number of carbonyl (C=O) groups excluding carboxylic acids is 2. The predicted octanol–water partition coefficient (Wildman–Crippen LogP) is 4.73. The number of hydrogen-bond acceptors (Lipinski definition) is 10. The predicted molar refractivity (Wildman–Crippen MR) is 185 cm³/mol. The molecule has 0 aromatic heterocycles. The minimum absolute atomic E-state index is 0. The molecule has 3 heterocycles. The lowest BCUT2D eigenvalue weighted by Gasteiger charge is -2.35. The molecule has 3 aliphatic heterocycles.